The minimum atomic E-state index is -0.485. The van der Waals surface area contributed by atoms with Crippen molar-refractivity contribution in [3.63, 3.8) is 0 Å². The Labute approximate surface area is 161 Å². The largest absolute Gasteiger partial charge is 0.323 e. The number of nitrogens with one attached hydrogen (secondary N) is 3. The van der Waals surface area contributed by atoms with Gasteiger partial charge in [0, 0.05) is 18.0 Å². The molecule has 7 heteroatoms. The lowest BCUT2D eigenvalue weighted by Crippen LogP contribution is -2.42. The quantitative estimate of drug-likeness (QED) is 0.482. The summed E-state index contributed by atoms with van der Waals surface area (Å²) in [6.45, 7) is 0. The van der Waals surface area contributed by atoms with Crippen molar-refractivity contribution in [2.75, 3.05) is 0 Å². The van der Waals surface area contributed by atoms with Gasteiger partial charge in [-0.1, -0.05) is 42.5 Å². The molecule has 3 N–H and O–H groups in total. The number of hydrogen-bond donors (Lipinski definition) is 3. The number of amides is 2. The topological polar surface area (TPSA) is 91.8 Å². The molecule has 2 heterocycles. The van der Waals surface area contributed by atoms with Crippen LogP contribution in [0.15, 0.2) is 85.2 Å². The maximum atomic E-state index is 12.6. The number of carbonyl (C=O) groups excluding carboxylic acids is 2. The van der Waals surface area contributed by atoms with Crippen LogP contribution in [0.5, 0.6) is 0 Å². The first-order valence-electron chi connectivity index (χ1n) is 8.66. The predicted molar refractivity (Wildman–Crippen MR) is 105 cm³/mol. The Bertz CT molecular complexity index is 1100. The van der Waals surface area contributed by atoms with E-state index < -0.39 is 11.8 Å². The fourth-order valence-corrected chi connectivity index (χ4v) is 2.83. The lowest BCUT2D eigenvalue weighted by Gasteiger charge is -2.11. The van der Waals surface area contributed by atoms with Crippen molar-refractivity contribution in [3.8, 4) is 16.9 Å². The summed E-state index contributed by atoms with van der Waals surface area (Å²) in [6, 6.07) is 22.0. The van der Waals surface area contributed by atoms with Crippen LogP contribution in [0.2, 0.25) is 0 Å². The van der Waals surface area contributed by atoms with E-state index in [9.17, 15) is 9.59 Å². The Morgan fingerprint density at radius 3 is 2.29 bits per heavy atom. The number of para-hydroxylation sites is 1. The van der Waals surface area contributed by atoms with Crippen molar-refractivity contribution in [2.24, 2.45) is 0 Å². The Kier molecular flexibility index (Phi) is 4.71. The first-order valence-corrected chi connectivity index (χ1v) is 8.66. The molecule has 4 rings (SSSR count). The minimum Gasteiger partial charge on any atom is -0.323 e. The summed E-state index contributed by atoms with van der Waals surface area (Å²) < 4.78 is 1.83. The average molecular weight is 371 g/mol. The van der Waals surface area contributed by atoms with Gasteiger partial charge in [-0.2, -0.15) is 5.10 Å². The van der Waals surface area contributed by atoms with Crippen molar-refractivity contribution in [1.29, 1.82) is 0 Å². The molecule has 0 aliphatic rings. The molecule has 2 aromatic carbocycles. The third-order valence-corrected chi connectivity index (χ3v) is 4.21. The third kappa shape index (κ3) is 3.54. The van der Waals surface area contributed by atoms with Gasteiger partial charge in [0.25, 0.3) is 11.8 Å². The van der Waals surface area contributed by atoms with Crippen LogP contribution < -0.4 is 10.9 Å². The van der Waals surface area contributed by atoms with E-state index in [0.29, 0.717) is 16.9 Å². The first kappa shape index (κ1) is 17.3. The molecule has 0 saturated carbocycles. The summed E-state index contributed by atoms with van der Waals surface area (Å²) in [5, 5.41) is 6.82. The monoisotopic (exact) mass is 371 g/mol. The Morgan fingerprint density at radius 1 is 0.821 bits per heavy atom. The van der Waals surface area contributed by atoms with Crippen LogP contribution in [-0.2, 0) is 0 Å². The van der Waals surface area contributed by atoms with Crippen molar-refractivity contribution < 1.29 is 9.59 Å². The number of carbonyl (C=O) groups is 2. The van der Waals surface area contributed by atoms with E-state index in [0.717, 1.165) is 5.56 Å². The Balaban J connectivity index is 1.45. The number of hydrazine groups is 1. The molecule has 0 spiro atoms. The van der Waals surface area contributed by atoms with E-state index in [2.05, 4.69) is 21.0 Å². The van der Waals surface area contributed by atoms with Crippen LogP contribution in [0, 0.1) is 0 Å². The molecule has 2 amide bonds. The van der Waals surface area contributed by atoms with Gasteiger partial charge in [-0.15, -0.1) is 0 Å². The van der Waals surface area contributed by atoms with E-state index >= 15 is 0 Å². The molecular weight excluding hydrogens is 354 g/mol. The molecule has 138 valence electrons. The zero-order valence-corrected chi connectivity index (χ0v) is 14.8. The van der Waals surface area contributed by atoms with Crippen LogP contribution in [0.4, 0.5) is 0 Å². The standard InChI is InChI=1S/C21H17N5O2/c27-20(16-10-4-5-11-19(16)26-12-6-7-13-26)24-25-21(28)18-14-17(22-23-18)15-8-2-1-3-9-15/h1-14H,(H,22,23)(H,24,27)(H,25,28). The fourth-order valence-electron chi connectivity index (χ4n) is 2.83. The summed E-state index contributed by atoms with van der Waals surface area (Å²) in [7, 11) is 0. The van der Waals surface area contributed by atoms with Crippen LogP contribution in [0.25, 0.3) is 16.9 Å². The third-order valence-electron chi connectivity index (χ3n) is 4.21. The maximum absolute atomic E-state index is 12.6. The number of aromatic nitrogens is 3. The van der Waals surface area contributed by atoms with E-state index in [1.165, 1.54) is 0 Å². The molecule has 0 bridgehead atoms. The van der Waals surface area contributed by atoms with Gasteiger partial charge in [-0.3, -0.25) is 25.5 Å². The van der Waals surface area contributed by atoms with Gasteiger partial charge in [0.2, 0.25) is 0 Å². The normalized spacial score (nSPS) is 10.4. The van der Waals surface area contributed by atoms with Crippen molar-refractivity contribution >= 4 is 11.8 Å². The number of hydrogen-bond acceptors (Lipinski definition) is 3. The van der Waals surface area contributed by atoms with Gasteiger partial charge in [-0.25, -0.2) is 0 Å². The highest BCUT2D eigenvalue weighted by molar-refractivity contribution is 6.00. The van der Waals surface area contributed by atoms with Gasteiger partial charge in [0.05, 0.1) is 16.9 Å². The zero-order chi connectivity index (χ0) is 19.3. The molecule has 28 heavy (non-hydrogen) atoms. The molecular formula is C21H17N5O2. The molecule has 0 radical (unpaired) electrons. The predicted octanol–water partition coefficient (Wildman–Crippen LogP) is 2.94. The van der Waals surface area contributed by atoms with E-state index in [1.807, 2.05) is 71.6 Å². The minimum absolute atomic E-state index is 0.248. The fraction of sp³-hybridized carbons (Fsp3) is 0. The second kappa shape index (κ2) is 7.63. The summed E-state index contributed by atoms with van der Waals surface area (Å²) in [4.78, 5) is 24.9. The molecule has 0 unspecified atom stereocenters. The van der Waals surface area contributed by atoms with Crippen molar-refractivity contribution in [3.05, 3.63) is 96.4 Å². The molecule has 0 aliphatic heterocycles. The molecule has 0 atom stereocenters. The smallest absolute Gasteiger partial charge is 0.287 e. The van der Waals surface area contributed by atoms with Crippen LogP contribution in [0.3, 0.4) is 0 Å². The zero-order valence-electron chi connectivity index (χ0n) is 14.8. The molecule has 2 aromatic heterocycles. The molecule has 0 aliphatic carbocycles. The van der Waals surface area contributed by atoms with Crippen LogP contribution in [0.1, 0.15) is 20.8 Å². The second-order valence-corrected chi connectivity index (χ2v) is 6.05. The summed E-state index contributed by atoms with van der Waals surface area (Å²) in [6.07, 6.45) is 3.70. The van der Waals surface area contributed by atoms with Crippen molar-refractivity contribution in [1.82, 2.24) is 25.6 Å². The number of rotatable bonds is 4. The molecule has 0 fully saturated rings. The maximum Gasteiger partial charge on any atom is 0.287 e. The van der Waals surface area contributed by atoms with Crippen LogP contribution in [-0.4, -0.2) is 26.6 Å². The average Bonchev–Trinajstić information content (AvgIpc) is 3.45. The molecule has 7 nitrogen and oxygen atoms in total. The van der Waals surface area contributed by atoms with Gasteiger partial charge >= 0.3 is 0 Å². The SMILES string of the molecule is O=C(NNC(=O)c1ccccc1-n1cccc1)c1cc(-c2ccccc2)n[nH]1. The highest BCUT2D eigenvalue weighted by Gasteiger charge is 2.15. The van der Waals surface area contributed by atoms with Gasteiger partial charge in [0.15, 0.2) is 0 Å². The second-order valence-electron chi connectivity index (χ2n) is 6.05. The van der Waals surface area contributed by atoms with Gasteiger partial charge in [-0.05, 0) is 30.3 Å². The number of aromatic amines is 1. The summed E-state index contributed by atoms with van der Waals surface area (Å²) in [5.41, 5.74) is 7.81. The lowest BCUT2D eigenvalue weighted by atomic mass is 10.1. The van der Waals surface area contributed by atoms with Crippen molar-refractivity contribution in [2.45, 2.75) is 0 Å². The molecule has 0 saturated heterocycles. The van der Waals surface area contributed by atoms with Crippen LogP contribution >= 0.6 is 0 Å². The number of H-pyrrole nitrogens is 1. The van der Waals surface area contributed by atoms with Gasteiger partial charge in [0.1, 0.15) is 5.69 Å². The number of benzene rings is 2. The van der Waals surface area contributed by atoms with E-state index in [4.69, 9.17) is 0 Å². The van der Waals surface area contributed by atoms with E-state index in [-0.39, 0.29) is 5.69 Å². The first-order chi connectivity index (χ1) is 13.7. The summed E-state index contributed by atoms with van der Waals surface area (Å²) >= 11 is 0. The Morgan fingerprint density at radius 2 is 1.50 bits per heavy atom. The highest BCUT2D eigenvalue weighted by Crippen LogP contribution is 2.17. The summed E-state index contributed by atoms with van der Waals surface area (Å²) in [5.74, 6) is -0.901. The van der Waals surface area contributed by atoms with Gasteiger partial charge < -0.3 is 4.57 Å². The van der Waals surface area contributed by atoms with E-state index in [1.54, 1.807) is 18.2 Å². The number of nitrogens with zero attached hydrogens (tertiary/aromatic N) is 2. The lowest BCUT2D eigenvalue weighted by molar-refractivity contribution is 0.0844. The highest BCUT2D eigenvalue weighted by atomic mass is 16.2. The molecule has 4 aromatic rings. The Hall–Kier alpha value is -4.13.